The molecule has 1 aromatic heterocycles. The summed E-state index contributed by atoms with van der Waals surface area (Å²) in [4.78, 5) is 28.0. The Morgan fingerprint density at radius 3 is 2.42 bits per heavy atom. The Kier molecular flexibility index (Phi) is 8.22. The zero-order valence-corrected chi connectivity index (χ0v) is 22.8. The molecular formula is C29H23F2N3O4S2. The minimum atomic E-state index is -1.03. The van der Waals surface area contributed by atoms with Crippen LogP contribution < -0.4 is 9.64 Å². The second kappa shape index (κ2) is 12.0. The van der Waals surface area contributed by atoms with Crippen molar-refractivity contribution in [2.45, 2.75) is 29.5 Å². The van der Waals surface area contributed by atoms with Gasteiger partial charge in [-0.15, -0.1) is 10.2 Å². The lowest BCUT2D eigenvalue weighted by Crippen LogP contribution is -2.29. The molecule has 204 valence electrons. The number of thioether (sulfide) groups is 1. The third-order valence-electron chi connectivity index (χ3n) is 6.09. The fourth-order valence-electron chi connectivity index (χ4n) is 4.19. The maximum atomic E-state index is 13.6. The molecule has 7 nitrogen and oxygen atoms in total. The molecule has 0 spiro atoms. The summed E-state index contributed by atoms with van der Waals surface area (Å²) in [5.74, 6) is -2.00. The van der Waals surface area contributed by atoms with Crippen LogP contribution in [0.1, 0.15) is 36.1 Å². The van der Waals surface area contributed by atoms with Crippen molar-refractivity contribution in [2.24, 2.45) is 0 Å². The second-order valence-electron chi connectivity index (χ2n) is 8.86. The van der Waals surface area contributed by atoms with Gasteiger partial charge >= 0.3 is 5.91 Å². The maximum absolute atomic E-state index is 13.6. The number of ketones is 1. The zero-order valence-electron chi connectivity index (χ0n) is 21.2. The van der Waals surface area contributed by atoms with Crippen LogP contribution >= 0.6 is 23.1 Å². The van der Waals surface area contributed by atoms with Crippen molar-refractivity contribution >= 4 is 45.7 Å². The van der Waals surface area contributed by atoms with Crippen molar-refractivity contribution in [3.05, 3.63) is 107 Å². The number of aliphatic hydroxyl groups excluding tert-OH is 1. The van der Waals surface area contributed by atoms with Gasteiger partial charge in [-0.3, -0.25) is 14.5 Å². The molecule has 2 heterocycles. The van der Waals surface area contributed by atoms with Crippen molar-refractivity contribution in [1.29, 1.82) is 0 Å². The Bertz CT molecular complexity index is 1570. The number of Topliss-reactive ketones (excluding diaryl/α,β-unsaturated/α-hetero) is 1. The normalized spacial score (nSPS) is 16.5. The smallest absolute Gasteiger partial charge is 0.301 e. The molecule has 1 amide bonds. The number of hydrogen-bond donors (Lipinski definition) is 1. The van der Waals surface area contributed by atoms with E-state index in [0.717, 1.165) is 35.5 Å². The third-order valence-corrected chi connectivity index (χ3v) is 8.21. The first kappa shape index (κ1) is 27.5. The number of anilines is 1. The summed E-state index contributed by atoms with van der Waals surface area (Å²) in [5, 5.41) is 19.8. The van der Waals surface area contributed by atoms with Gasteiger partial charge in [0.25, 0.3) is 5.78 Å². The molecule has 0 bridgehead atoms. The molecule has 4 aromatic rings. The van der Waals surface area contributed by atoms with E-state index in [1.165, 1.54) is 40.9 Å². The van der Waals surface area contributed by atoms with Crippen molar-refractivity contribution in [3.8, 4) is 5.75 Å². The highest BCUT2D eigenvalue weighted by molar-refractivity contribution is 8.00. The van der Waals surface area contributed by atoms with Crippen LogP contribution in [0, 0.1) is 11.6 Å². The van der Waals surface area contributed by atoms with Crippen LogP contribution in [0.5, 0.6) is 5.75 Å². The number of carbonyl (C=O) groups is 2. The van der Waals surface area contributed by atoms with Crippen LogP contribution in [0.3, 0.4) is 0 Å². The van der Waals surface area contributed by atoms with Crippen molar-refractivity contribution in [3.63, 3.8) is 0 Å². The van der Waals surface area contributed by atoms with Gasteiger partial charge < -0.3 is 9.84 Å². The van der Waals surface area contributed by atoms with E-state index in [2.05, 4.69) is 10.2 Å². The van der Waals surface area contributed by atoms with E-state index in [-0.39, 0.29) is 22.1 Å². The van der Waals surface area contributed by atoms with E-state index in [1.54, 1.807) is 36.4 Å². The largest absolute Gasteiger partial charge is 0.507 e. The fourth-order valence-corrected chi connectivity index (χ4v) is 6.01. The van der Waals surface area contributed by atoms with Crippen molar-refractivity contribution in [2.75, 3.05) is 11.5 Å². The predicted molar refractivity (Wildman–Crippen MR) is 149 cm³/mol. The number of ether oxygens (including phenoxy) is 1. The van der Waals surface area contributed by atoms with Gasteiger partial charge in [-0.05, 0) is 66.1 Å². The second-order valence-corrected chi connectivity index (χ2v) is 11.0. The molecule has 0 saturated carbocycles. The van der Waals surface area contributed by atoms with Gasteiger partial charge in [-0.1, -0.05) is 54.3 Å². The number of rotatable bonds is 9. The molecule has 1 N–H and O–H groups in total. The molecule has 11 heteroatoms. The molecule has 1 atom stereocenters. The van der Waals surface area contributed by atoms with Crippen LogP contribution in [-0.4, -0.2) is 33.6 Å². The Balaban J connectivity index is 1.54. The van der Waals surface area contributed by atoms with Gasteiger partial charge in [0.1, 0.15) is 23.1 Å². The molecule has 0 radical (unpaired) electrons. The Morgan fingerprint density at radius 2 is 1.73 bits per heavy atom. The first-order valence-electron chi connectivity index (χ1n) is 12.4. The van der Waals surface area contributed by atoms with E-state index >= 15 is 0 Å². The lowest BCUT2D eigenvalue weighted by molar-refractivity contribution is -0.132. The number of carbonyl (C=O) groups excluding carboxylic acids is 2. The van der Waals surface area contributed by atoms with Gasteiger partial charge in [0.05, 0.1) is 18.2 Å². The molecule has 0 aliphatic carbocycles. The number of nitrogens with zero attached hydrogens (tertiary/aromatic N) is 3. The summed E-state index contributed by atoms with van der Waals surface area (Å²) in [7, 11) is 0. The number of hydrogen-bond acceptors (Lipinski definition) is 8. The lowest BCUT2D eigenvalue weighted by atomic mass is 9.95. The average Bonchev–Trinajstić information content (AvgIpc) is 3.53. The highest BCUT2D eigenvalue weighted by atomic mass is 32.2. The summed E-state index contributed by atoms with van der Waals surface area (Å²) in [5.41, 5.74) is 1.44. The Labute approximate surface area is 237 Å². The van der Waals surface area contributed by atoms with Crippen LogP contribution in [-0.2, 0) is 15.3 Å². The quantitative estimate of drug-likeness (QED) is 0.0793. The average molecular weight is 580 g/mol. The number of amides is 1. The van der Waals surface area contributed by atoms with Gasteiger partial charge in [0, 0.05) is 11.3 Å². The first-order chi connectivity index (χ1) is 19.4. The van der Waals surface area contributed by atoms with Crippen molar-refractivity contribution in [1.82, 2.24) is 10.2 Å². The molecule has 3 aromatic carbocycles. The Morgan fingerprint density at radius 1 is 1.02 bits per heavy atom. The summed E-state index contributed by atoms with van der Waals surface area (Å²) in [6.45, 7) is 2.45. The summed E-state index contributed by atoms with van der Waals surface area (Å²) in [6, 6.07) is 17.0. The SMILES string of the molecule is CCCOc1cccc(C2C(=C(O)c3ccc(F)cc3)C(=O)C(=O)N2c2nnc(SCc3ccc(F)cc3)s2)c1. The number of halogens is 2. The van der Waals surface area contributed by atoms with Crippen LogP contribution in [0.4, 0.5) is 13.9 Å². The lowest BCUT2D eigenvalue weighted by Gasteiger charge is -2.23. The number of aromatic nitrogens is 2. The van der Waals surface area contributed by atoms with E-state index < -0.39 is 29.3 Å². The predicted octanol–water partition coefficient (Wildman–Crippen LogP) is 6.52. The topological polar surface area (TPSA) is 92.6 Å². The van der Waals surface area contributed by atoms with Crippen molar-refractivity contribution < 1.29 is 28.2 Å². The third kappa shape index (κ3) is 5.75. The standard InChI is InChI=1S/C29H23F2N3O4S2/c1-2-14-38-22-5-3-4-19(15-22)24-23(25(35)18-8-12-21(31)13-9-18)26(36)27(37)34(24)28-32-33-29(40-28)39-16-17-6-10-20(30)11-7-17/h3-13,15,24,35H,2,14,16H2,1H3. The van der Waals surface area contributed by atoms with Crippen LogP contribution in [0.15, 0.2) is 82.7 Å². The molecular weight excluding hydrogens is 556 g/mol. The molecule has 1 aliphatic heterocycles. The van der Waals surface area contributed by atoms with Gasteiger partial charge in [-0.25, -0.2) is 8.78 Å². The van der Waals surface area contributed by atoms with E-state index in [1.807, 2.05) is 6.92 Å². The van der Waals surface area contributed by atoms with E-state index in [4.69, 9.17) is 4.74 Å². The zero-order chi connectivity index (χ0) is 28.2. The molecule has 1 saturated heterocycles. The molecule has 1 fully saturated rings. The Hall–Kier alpha value is -4.09. The summed E-state index contributed by atoms with van der Waals surface area (Å²) in [6.07, 6.45) is 0.788. The highest BCUT2D eigenvalue weighted by Gasteiger charge is 2.48. The molecule has 1 aliphatic rings. The highest BCUT2D eigenvalue weighted by Crippen LogP contribution is 2.44. The minimum absolute atomic E-state index is 0.153. The summed E-state index contributed by atoms with van der Waals surface area (Å²) < 4.78 is 33.1. The van der Waals surface area contributed by atoms with E-state index in [9.17, 15) is 23.5 Å². The molecule has 1 unspecified atom stereocenters. The number of benzene rings is 3. The van der Waals surface area contributed by atoms with Gasteiger partial charge in [0.2, 0.25) is 5.13 Å². The molecule has 40 heavy (non-hydrogen) atoms. The minimum Gasteiger partial charge on any atom is -0.507 e. The van der Waals surface area contributed by atoms with Crippen LogP contribution in [0.25, 0.3) is 5.76 Å². The summed E-state index contributed by atoms with van der Waals surface area (Å²) >= 11 is 2.48. The fraction of sp³-hybridized carbons (Fsp3) is 0.172. The molecule has 5 rings (SSSR count). The van der Waals surface area contributed by atoms with Gasteiger partial charge in [-0.2, -0.15) is 0 Å². The first-order valence-corrected chi connectivity index (χ1v) is 14.2. The maximum Gasteiger partial charge on any atom is 0.301 e. The van der Waals surface area contributed by atoms with Crippen LogP contribution in [0.2, 0.25) is 0 Å². The van der Waals surface area contributed by atoms with E-state index in [0.29, 0.717) is 28.0 Å². The number of aliphatic hydroxyl groups is 1. The van der Waals surface area contributed by atoms with Gasteiger partial charge in [0.15, 0.2) is 4.34 Å². The monoisotopic (exact) mass is 579 g/mol.